The molecule has 1 N–H and O–H groups in total. The number of hydrogen-bond donors (Lipinski definition) is 1. The highest BCUT2D eigenvalue weighted by atomic mass is 16.5. The third-order valence-electron chi connectivity index (χ3n) is 8.75. The lowest BCUT2D eigenvalue weighted by molar-refractivity contribution is 0.0951. The van der Waals surface area contributed by atoms with Gasteiger partial charge in [0.15, 0.2) is 0 Å². The third kappa shape index (κ3) is 6.99. The van der Waals surface area contributed by atoms with Gasteiger partial charge in [-0.25, -0.2) is 4.98 Å². The Morgan fingerprint density at radius 1 is 0.978 bits per heavy atom. The fraction of sp³-hybridized carbons (Fsp3) is 0.333. The first-order valence-corrected chi connectivity index (χ1v) is 15.8. The number of amidine groups is 1. The number of benzene rings is 2. The Balaban J connectivity index is 0.976. The number of aliphatic imine (C=N–C) groups is 1. The molecule has 2 aromatic heterocycles. The maximum absolute atomic E-state index is 12.3. The molecule has 2 saturated heterocycles. The van der Waals surface area contributed by atoms with Gasteiger partial charge in [0.2, 0.25) is 5.88 Å². The Labute approximate surface area is 263 Å². The standard InChI is InChI=1S/C36H38N6O3/c1-25-28(11-16-34(38-25)45-32-14-9-27(10-15-32)35(43)39-29-12-13-29)23-41-20-17-31(18-21-41)42-33(26-6-3-2-4-7-26)24-44-36(42)40-30-8-5-19-37-22-30/h2-11,14-16,19,22,29,31,33H,12-13,17-18,20-21,23-24H2,1H3,(H,39,43)/b40-36+/t33-/m0/s1. The molecule has 3 fully saturated rings. The summed E-state index contributed by atoms with van der Waals surface area (Å²) in [6.07, 6.45) is 7.70. The van der Waals surface area contributed by atoms with E-state index in [1.165, 1.54) is 11.1 Å². The molecule has 2 aliphatic heterocycles. The molecular formula is C36H38N6O3. The molecule has 0 bridgehead atoms. The Morgan fingerprint density at radius 3 is 2.49 bits per heavy atom. The van der Waals surface area contributed by atoms with E-state index in [-0.39, 0.29) is 11.9 Å². The van der Waals surface area contributed by atoms with Crippen molar-refractivity contribution in [2.75, 3.05) is 19.7 Å². The lowest BCUT2D eigenvalue weighted by Crippen LogP contribution is -2.46. The Kier molecular flexibility index (Phi) is 8.42. The SMILES string of the molecule is Cc1nc(Oc2ccc(C(=O)NC3CC3)cc2)ccc1CN1CCC(N2/C(=N\c3cccnc3)OC[C@H]2c2ccccc2)CC1. The van der Waals surface area contributed by atoms with Crippen molar-refractivity contribution >= 4 is 17.6 Å². The van der Waals surface area contributed by atoms with Gasteiger partial charge in [0.25, 0.3) is 11.9 Å². The van der Waals surface area contributed by atoms with Crippen LogP contribution in [0, 0.1) is 6.92 Å². The second-order valence-electron chi connectivity index (χ2n) is 12.0. The highest BCUT2D eigenvalue weighted by Crippen LogP contribution is 2.34. The summed E-state index contributed by atoms with van der Waals surface area (Å²) in [7, 11) is 0. The number of piperidine rings is 1. The second kappa shape index (κ2) is 13.1. The van der Waals surface area contributed by atoms with Crippen LogP contribution in [0.2, 0.25) is 0 Å². The zero-order valence-corrected chi connectivity index (χ0v) is 25.5. The third-order valence-corrected chi connectivity index (χ3v) is 8.75. The molecule has 0 unspecified atom stereocenters. The van der Waals surface area contributed by atoms with Crippen LogP contribution in [0.25, 0.3) is 0 Å². The van der Waals surface area contributed by atoms with Gasteiger partial charge in [-0.3, -0.25) is 14.7 Å². The quantitative estimate of drug-likeness (QED) is 0.244. The minimum Gasteiger partial charge on any atom is -0.462 e. The number of nitrogens with zero attached hydrogens (tertiary/aromatic N) is 5. The zero-order chi connectivity index (χ0) is 30.6. The van der Waals surface area contributed by atoms with E-state index in [4.69, 9.17) is 19.5 Å². The summed E-state index contributed by atoms with van der Waals surface area (Å²) in [5, 5.41) is 3.01. The van der Waals surface area contributed by atoms with Crippen LogP contribution in [0.15, 0.2) is 96.2 Å². The molecule has 1 atom stereocenters. The minimum absolute atomic E-state index is 0.0329. The Hall–Kier alpha value is -4.76. The molecule has 1 amide bonds. The van der Waals surface area contributed by atoms with Gasteiger partial charge in [-0.05, 0) is 80.1 Å². The van der Waals surface area contributed by atoms with E-state index in [2.05, 4.69) is 56.5 Å². The molecule has 3 aliphatic rings. The topological polar surface area (TPSA) is 92.2 Å². The number of pyridine rings is 2. The number of aryl methyl sites for hydroxylation is 1. The molecule has 2 aromatic carbocycles. The molecule has 4 aromatic rings. The van der Waals surface area contributed by atoms with Crippen LogP contribution in [0.3, 0.4) is 0 Å². The normalized spacial score (nSPS) is 19.8. The predicted octanol–water partition coefficient (Wildman–Crippen LogP) is 6.20. The summed E-state index contributed by atoms with van der Waals surface area (Å²) in [5.41, 5.74) is 4.83. The van der Waals surface area contributed by atoms with Crippen molar-refractivity contribution in [1.82, 2.24) is 25.1 Å². The van der Waals surface area contributed by atoms with Crippen LogP contribution in [0.5, 0.6) is 11.6 Å². The maximum atomic E-state index is 12.3. The predicted molar refractivity (Wildman–Crippen MR) is 173 cm³/mol. The maximum Gasteiger partial charge on any atom is 0.293 e. The molecule has 9 heteroatoms. The molecule has 0 radical (unpaired) electrons. The molecular weight excluding hydrogens is 564 g/mol. The van der Waals surface area contributed by atoms with Crippen LogP contribution in [0.4, 0.5) is 5.69 Å². The number of carbonyl (C=O) groups is 1. The van der Waals surface area contributed by atoms with Crippen molar-refractivity contribution in [3.63, 3.8) is 0 Å². The van der Waals surface area contributed by atoms with E-state index in [1.54, 1.807) is 24.5 Å². The van der Waals surface area contributed by atoms with E-state index in [0.717, 1.165) is 56.7 Å². The summed E-state index contributed by atoms with van der Waals surface area (Å²) in [6.45, 7) is 5.41. The van der Waals surface area contributed by atoms with Gasteiger partial charge in [-0.15, -0.1) is 0 Å². The number of nitrogens with one attached hydrogen (secondary N) is 1. The first-order valence-electron chi connectivity index (χ1n) is 15.8. The van der Waals surface area contributed by atoms with Gasteiger partial charge in [0.05, 0.1) is 17.9 Å². The molecule has 1 aliphatic carbocycles. The molecule has 0 spiro atoms. The number of amides is 1. The number of hydrogen-bond acceptors (Lipinski definition) is 7. The van der Waals surface area contributed by atoms with Crippen LogP contribution >= 0.6 is 0 Å². The van der Waals surface area contributed by atoms with Crippen molar-refractivity contribution in [3.8, 4) is 11.6 Å². The lowest BCUT2D eigenvalue weighted by atomic mass is 9.98. The number of aromatic nitrogens is 2. The number of ether oxygens (including phenoxy) is 2. The summed E-state index contributed by atoms with van der Waals surface area (Å²) in [5.74, 6) is 1.17. The monoisotopic (exact) mass is 602 g/mol. The molecule has 1 saturated carbocycles. The van der Waals surface area contributed by atoms with E-state index >= 15 is 0 Å². The van der Waals surface area contributed by atoms with E-state index in [0.29, 0.717) is 41.9 Å². The van der Waals surface area contributed by atoms with Crippen molar-refractivity contribution < 1.29 is 14.3 Å². The second-order valence-corrected chi connectivity index (χ2v) is 12.0. The van der Waals surface area contributed by atoms with Crippen molar-refractivity contribution in [2.45, 2.75) is 57.3 Å². The van der Waals surface area contributed by atoms with Crippen molar-refractivity contribution in [2.24, 2.45) is 4.99 Å². The van der Waals surface area contributed by atoms with E-state index in [1.807, 2.05) is 37.3 Å². The van der Waals surface area contributed by atoms with Crippen LogP contribution in [0.1, 0.15) is 58.9 Å². The smallest absolute Gasteiger partial charge is 0.293 e. The summed E-state index contributed by atoms with van der Waals surface area (Å²) in [4.78, 5) is 31.0. The zero-order valence-electron chi connectivity index (χ0n) is 25.5. The summed E-state index contributed by atoms with van der Waals surface area (Å²) >= 11 is 0. The first kappa shape index (κ1) is 29.0. The van der Waals surface area contributed by atoms with Gasteiger partial charge < -0.3 is 19.7 Å². The molecule has 9 nitrogen and oxygen atoms in total. The number of carbonyl (C=O) groups excluding carboxylic acids is 1. The molecule has 230 valence electrons. The summed E-state index contributed by atoms with van der Waals surface area (Å²) < 4.78 is 12.2. The number of likely N-dealkylation sites (tertiary alicyclic amines) is 1. The molecule has 45 heavy (non-hydrogen) atoms. The Bertz CT molecular complexity index is 1630. The van der Waals surface area contributed by atoms with Gasteiger partial charge in [0, 0.05) is 55.2 Å². The van der Waals surface area contributed by atoms with Gasteiger partial charge in [-0.2, -0.15) is 4.99 Å². The van der Waals surface area contributed by atoms with Crippen molar-refractivity contribution in [1.29, 1.82) is 0 Å². The number of rotatable bonds is 9. The fourth-order valence-corrected chi connectivity index (χ4v) is 6.08. The van der Waals surface area contributed by atoms with E-state index in [9.17, 15) is 4.79 Å². The van der Waals surface area contributed by atoms with Crippen LogP contribution in [-0.2, 0) is 11.3 Å². The van der Waals surface area contributed by atoms with Crippen molar-refractivity contribution in [3.05, 3.63) is 114 Å². The average Bonchev–Trinajstić information content (AvgIpc) is 3.80. The Morgan fingerprint density at radius 2 is 1.78 bits per heavy atom. The van der Waals surface area contributed by atoms with Gasteiger partial charge in [0.1, 0.15) is 12.4 Å². The largest absolute Gasteiger partial charge is 0.462 e. The van der Waals surface area contributed by atoms with Gasteiger partial charge in [-0.1, -0.05) is 36.4 Å². The minimum atomic E-state index is -0.0329. The van der Waals surface area contributed by atoms with Gasteiger partial charge >= 0.3 is 0 Å². The fourth-order valence-electron chi connectivity index (χ4n) is 6.08. The average molecular weight is 603 g/mol. The van der Waals surface area contributed by atoms with Crippen LogP contribution < -0.4 is 10.1 Å². The summed E-state index contributed by atoms with van der Waals surface area (Å²) in [6, 6.07) is 27.2. The lowest BCUT2D eigenvalue weighted by Gasteiger charge is -2.39. The highest BCUT2D eigenvalue weighted by Gasteiger charge is 2.39. The molecule has 7 rings (SSSR count). The first-order chi connectivity index (χ1) is 22.1. The highest BCUT2D eigenvalue weighted by molar-refractivity contribution is 5.94. The van der Waals surface area contributed by atoms with Crippen LogP contribution in [-0.4, -0.2) is 63.5 Å². The van der Waals surface area contributed by atoms with E-state index < -0.39 is 0 Å². The molecule has 4 heterocycles.